The standard InChI is InChI=1S/C100H99BN4/c1-94(2,3)68-35-26-62(27-36-68)67-34-47-89-84(56-67)101-83-46-43-73(104-87-48-37-69(95(4,5)6)57-77(87)78-58-70(96(7,8)9)38-49-88(78)104)59-90(83)103(72-41-30-64(31-42-72)66-33-45-80-82(55-66)100(16,17)53-51-98(80,12)13)92-61-74(105-85-24-20-18-22-75(85)76-23-19-21-25-86(76)105)60-91(93(92)101)102(89)71-39-28-63(29-40-71)65-32-44-79-81(54-65)99(14,15)52-50-97(79,10)11/h18-49,54-61H,50-53H2,1-17H3. The van der Waals surface area contributed by atoms with Crippen molar-refractivity contribution >= 4 is 101 Å². The fraction of sp³-hybridized carbons (Fsp3) is 0.280. The molecule has 0 spiro atoms. The van der Waals surface area contributed by atoms with Crippen molar-refractivity contribution in [1.29, 1.82) is 0 Å². The summed E-state index contributed by atoms with van der Waals surface area (Å²) in [6.07, 6.45) is 4.72. The van der Waals surface area contributed by atoms with Crippen LogP contribution in [0, 0.1) is 0 Å². The summed E-state index contributed by atoms with van der Waals surface area (Å²) in [5, 5.41) is 5.03. The van der Waals surface area contributed by atoms with E-state index in [1.165, 1.54) is 164 Å². The topological polar surface area (TPSA) is 16.3 Å². The summed E-state index contributed by atoms with van der Waals surface area (Å²) in [5.74, 6) is 0. The van der Waals surface area contributed by atoms with E-state index >= 15 is 0 Å². The van der Waals surface area contributed by atoms with Crippen LogP contribution >= 0.6 is 0 Å². The molecule has 5 heteroatoms. The maximum atomic E-state index is 2.65. The predicted molar refractivity (Wildman–Crippen MR) is 452 cm³/mol. The Morgan fingerprint density at radius 3 is 1.10 bits per heavy atom. The largest absolute Gasteiger partial charge is 0.311 e. The molecule has 12 aromatic carbocycles. The SMILES string of the molecule is CC(C)(C)c1ccc(-c2ccc3c(c2)B2c4ccc(-n5c6ccc(C(C)(C)C)cc6c6cc(C(C)(C)C)ccc65)cc4N(c4ccc(-c5ccc6c(c5)C(C)(C)CCC6(C)C)cc4)c4cc(-n5c6ccccc6c6ccccc65)cc(c42)N3c2ccc(-c3ccc4c(c3)C(C)(C)CCC4(C)C)cc2)cc1. The fourth-order valence-corrected chi connectivity index (χ4v) is 18.7. The molecule has 0 unspecified atom stereocenters. The van der Waals surface area contributed by atoms with E-state index in [2.05, 4.69) is 379 Å². The smallest absolute Gasteiger partial charge is 0.252 e. The first-order chi connectivity index (χ1) is 49.9. The second kappa shape index (κ2) is 23.2. The lowest BCUT2D eigenvalue weighted by Gasteiger charge is -2.44. The Hall–Kier alpha value is -10.1. The Labute approximate surface area is 623 Å². The van der Waals surface area contributed by atoms with Crippen LogP contribution in [0.1, 0.15) is 182 Å². The van der Waals surface area contributed by atoms with E-state index in [4.69, 9.17) is 0 Å². The van der Waals surface area contributed by atoms with Gasteiger partial charge in [-0.15, -0.1) is 0 Å². The molecule has 0 bridgehead atoms. The molecule has 4 nitrogen and oxygen atoms in total. The fourth-order valence-electron chi connectivity index (χ4n) is 18.7. The molecule has 105 heavy (non-hydrogen) atoms. The van der Waals surface area contributed by atoms with Gasteiger partial charge in [-0.1, -0.05) is 269 Å². The van der Waals surface area contributed by atoms with Gasteiger partial charge in [-0.2, -0.15) is 0 Å². The molecule has 0 amide bonds. The van der Waals surface area contributed by atoms with Crippen molar-refractivity contribution in [3.05, 3.63) is 282 Å². The normalized spacial score (nSPS) is 16.3. The van der Waals surface area contributed by atoms with Gasteiger partial charge in [-0.3, -0.25) is 0 Å². The van der Waals surface area contributed by atoms with Crippen LogP contribution in [0.3, 0.4) is 0 Å². The molecule has 2 aliphatic heterocycles. The molecule has 0 saturated heterocycles. The highest BCUT2D eigenvalue weighted by Crippen LogP contribution is 2.52. The van der Waals surface area contributed by atoms with Crippen molar-refractivity contribution in [2.45, 2.75) is 181 Å². The van der Waals surface area contributed by atoms with Crippen LogP contribution in [0.5, 0.6) is 0 Å². The molecule has 4 aliphatic rings. The summed E-state index contributed by atoms with van der Waals surface area (Å²) >= 11 is 0. The summed E-state index contributed by atoms with van der Waals surface area (Å²) in [6, 6.07) is 95.7. The third-order valence-corrected chi connectivity index (χ3v) is 25.3. The lowest BCUT2D eigenvalue weighted by molar-refractivity contribution is 0.332. The first-order valence-corrected chi connectivity index (χ1v) is 38.7. The number of hydrogen-bond donors (Lipinski definition) is 0. The minimum Gasteiger partial charge on any atom is -0.311 e. The maximum Gasteiger partial charge on any atom is 0.252 e. The summed E-state index contributed by atoms with van der Waals surface area (Å²) in [5.41, 5.74) is 35.3. The lowest BCUT2D eigenvalue weighted by Crippen LogP contribution is -2.61. The van der Waals surface area contributed by atoms with Crippen LogP contribution < -0.4 is 26.2 Å². The Balaban J connectivity index is 0.920. The van der Waals surface area contributed by atoms with Gasteiger partial charge in [0.05, 0.1) is 27.8 Å². The maximum absolute atomic E-state index is 2.65. The molecule has 2 aromatic heterocycles. The summed E-state index contributed by atoms with van der Waals surface area (Å²) < 4.78 is 5.10. The molecule has 0 atom stereocenters. The van der Waals surface area contributed by atoms with Crippen LogP contribution in [0.4, 0.5) is 34.1 Å². The van der Waals surface area contributed by atoms with Crippen LogP contribution in [-0.2, 0) is 37.9 Å². The van der Waals surface area contributed by atoms with Crippen molar-refractivity contribution in [2.75, 3.05) is 9.80 Å². The van der Waals surface area contributed by atoms with Gasteiger partial charge in [0.25, 0.3) is 6.71 Å². The molecule has 0 fully saturated rings. The molecule has 522 valence electrons. The average molecular weight is 1370 g/mol. The van der Waals surface area contributed by atoms with Gasteiger partial charge < -0.3 is 18.9 Å². The number of fused-ring (bicyclic) bond motifs is 12. The molecule has 0 N–H and O–H groups in total. The second-order valence-corrected chi connectivity index (χ2v) is 37.2. The first-order valence-electron chi connectivity index (χ1n) is 38.7. The zero-order chi connectivity index (χ0) is 73.0. The van der Waals surface area contributed by atoms with E-state index in [0.29, 0.717) is 0 Å². The van der Waals surface area contributed by atoms with Gasteiger partial charge in [0.2, 0.25) is 0 Å². The van der Waals surface area contributed by atoms with Gasteiger partial charge in [0, 0.05) is 61.4 Å². The molecule has 0 saturated carbocycles. The van der Waals surface area contributed by atoms with Crippen molar-refractivity contribution in [3.8, 4) is 44.8 Å². The number of rotatable bonds is 7. The summed E-state index contributed by atoms with van der Waals surface area (Å²) in [7, 11) is 0. The van der Waals surface area contributed by atoms with Gasteiger partial charge in [-0.25, -0.2) is 0 Å². The van der Waals surface area contributed by atoms with E-state index in [-0.39, 0.29) is 44.6 Å². The van der Waals surface area contributed by atoms with Crippen molar-refractivity contribution in [1.82, 2.24) is 9.13 Å². The molecule has 18 rings (SSSR count). The third-order valence-electron chi connectivity index (χ3n) is 25.3. The van der Waals surface area contributed by atoms with Crippen molar-refractivity contribution in [2.24, 2.45) is 0 Å². The lowest BCUT2D eigenvalue weighted by atomic mass is 9.33. The molecule has 14 aromatic rings. The molecule has 2 aliphatic carbocycles. The first kappa shape index (κ1) is 66.8. The highest BCUT2D eigenvalue weighted by molar-refractivity contribution is 7.00. The average Bonchev–Trinajstić information content (AvgIpc) is 1.70. The quantitative estimate of drug-likeness (QED) is 0.148. The Morgan fingerprint density at radius 2 is 0.629 bits per heavy atom. The number of para-hydroxylation sites is 2. The van der Waals surface area contributed by atoms with Gasteiger partial charge >= 0.3 is 0 Å². The van der Waals surface area contributed by atoms with E-state index < -0.39 is 0 Å². The van der Waals surface area contributed by atoms with Crippen molar-refractivity contribution in [3.63, 3.8) is 0 Å². The van der Waals surface area contributed by atoms with Crippen LogP contribution in [0.25, 0.3) is 88.4 Å². The molecular weight excluding hydrogens is 1270 g/mol. The highest BCUT2D eigenvalue weighted by atomic mass is 15.2. The van der Waals surface area contributed by atoms with Crippen molar-refractivity contribution < 1.29 is 0 Å². The number of nitrogens with zero attached hydrogens (tertiary/aromatic N) is 4. The van der Waals surface area contributed by atoms with E-state index in [0.717, 1.165) is 39.8 Å². The summed E-state index contributed by atoms with van der Waals surface area (Å²) in [4.78, 5) is 5.27. The summed E-state index contributed by atoms with van der Waals surface area (Å²) in [6.45, 7) is 40.3. The number of anilines is 6. The second-order valence-electron chi connectivity index (χ2n) is 37.2. The number of aromatic nitrogens is 2. The number of benzene rings is 12. The highest BCUT2D eigenvalue weighted by Gasteiger charge is 2.46. The third kappa shape index (κ3) is 10.7. The molecule has 4 heterocycles. The molecule has 0 radical (unpaired) electrons. The monoisotopic (exact) mass is 1370 g/mol. The van der Waals surface area contributed by atoms with Crippen LogP contribution in [0.2, 0.25) is 0 Å². The van der Waals surface area contributed by atoms with Gasteiger partial charge in [0.15, 0.2) is 0 Å². The molecular formula is C100H99BN4. The zero-order valence-electron chi connectivity index (χ0n) is 64.8. The Bertz CT molecular complexity index is 5780. The van der Waals surface area contributed by atoms with E-state index in [9.17, 15) is 0 Å². The van der Waals surface area contributed by atoms with Crippen LogP contribution in [0.15, 0.2) is 243 Å². The van der Waals surface area contributed by atoms with Gasteiger partial charge in [0.1, 0.15) is 0 Å². The number of hydrogen-bond acceptors (Lipinski definition) is 2. The minimum absolute atomic E-state index is 0.0204. The van der Waals surface area contributed by atoms with E-state index in [1.807, 2.05) is 0 Å². The Kier molecular flexibility index (Phi) is 14.8. The Morgan fingerprint density at radius 1 is 0.267 bits per heavy atom. The predicted octanol–water partition coefficient (Wildman–Crippen LogP) is 25.6. The van der Waals surface area contributed by atoms with E-state index in [1.54, 1.807) is 0 Å². The zero-order valence-corrected chi connectivity index (χ0v) is 64.8. The minimum atomic E-state index is -0.172. The van der Waals surface area contributed by atoms with Gasteiger partial charge in [-0.05, 0) is 243 Å². The van der Waals surface area contributed by atoms with Crippen LogP contribution in [-0.4, -0.2) is 15.8 Å².